The molecule has 0 radical (unpaired) electrons. The van der Waals surface area contributed by atoms with E-state index in [1.165, 1.54) is 13.8 Å². The van der Waals surface area contributed by atoms with Crippen LogP contribution in [0.2, 0.25) is 0 Å². The Morgan fingerprint density at radius 2 is 1.82 bits per heavy atom. The van der Waals surface area contributed by atoms with Gasteiger partial charge in [-0.15, -0.1) is 0 Å². The number of fused-ring (bicyclic) bond motifs is 1. The van der Waals surface area contributed by atoms with E-state index in [4.69, 9.17) is 4.42 Å². The number of furan rings is 1. The molecule has 2 amide bonds. The van der Waals surface area contributed by atoms with Gasteiger partial charge in [-0.3, -0.25) is 0 Å². The summed E-state index contributed by atoms with van der Waals surface area (Å²) in [4.78, 5) is 20.0. The van der Waals surface area contributed by atoms with Crippen molar-refractivity contribution in [3.63, 3.8) is 0 Å². The SMILES string of the molecule is Cc1c([C@@H](NC(=O)Nc2cnc(NCCS(C)(=O)=O)nc2)C(F)(F)F)oc2c(C)cc(F)cc12. The molecule has 3 aromatic rings. The summed E-state index contributed by atoms with van der Waals surface area (Å²) in [7, 11) is -3.18. The molecule has 0 aliphatic carbocycles. The third-order valence-electron chi connectivity index (χ3n) is 4.76. The van der Waals surface area contributed by atoms with Crippen molar-refractivity contribution in [1.29, 1.82) is 0 Å². The number of nitrogens with one attached hydrogen (secondary N) is 3. The number of carbonyl (C=O) groups excluding carboxylic acids is 1. The number of aromatic nitrogens is 2. The van der Waals surface area contributed by atoms with Crippen molar-refractivity contribution in [3.8, 4) is 0 Å². The highest BCUT2D eigenvalue weighted by Gasteiger charge is 2.45. The number of rotatable bonds is 7. The van der Waals surface area contributed by atoms with Crippen molar-refractivity contribution in [3.05, 3.63) is 47.2 Å². The molecule has 184 valence electrons. The van der Waals surface area contributed by atoms with Gasteiger partial charge in [0.05, 0.1) is 23.8 Å². The van der Waals surface area contributed by atoms with Crippen LogP contribution >= 0.6 is 0 Å². The number of aryl methyl sites for hydroxylation is 2. The van der Waals surface area contributed by atoms with Gasteiger partial charge in [0, 0.05) is 23.8 Å². The minimum Gasteiger partial charge on any atom is -0.458 e. The first-order valence-electron chi connectivity index (χ1n) is 9.81. The van der Waals surface area contributed by atoms with Crippen molar-refractivity contribution < 1.29 is 35.2 Å². The van der Waals surface area contributed by atoms with Crippen LogP contribution in [0.15, 0.2) is 28.9 Å². The van der Waals surface area contributed by atoms with E-state index in [1.54, 1.807) is 0 Å². The van der Waals surface area contributed by atoms with Crippen LogP contribution in [0.5, 0.6) is 0 Å². The summed E-state index contributed by atoms with van der Waals surface area (Å²) in [5.41, 5.74) is 0.453. The molecule has 0 saturated carbocycles. The van der Waals surface area contributed by atoms with E-state index in [0.29, 0.717) is 5.56 Å². The van der Waals surface area contributed by atoms with Crippen LogP contribution in [-0.2, 0) is 9.84 Å². The Balaban J connectivity index is 1.74. The molecule has 0 fully saturated rings. The molecule has 2 aromatic heterocycles. The second-order valence-electron chi connectivity index (χ2n) is 7.62. The van der Waals surface area contributed by atoms with E-state index < -0.39 is 39.7 Å². The van der Waals surface area contributed by atoms with Gasteiger partial charge in [0.25, 0.3) is 0 Å². The van der Waals surface area contributed by atoms with Crippen LogP contribution in [0.3, 0.4) is 0 Å². The molecular formula is C20H21F4N5O4S. The minimum atomic E-state index is -4.91. The lowest BCUT2D eigenvalue weighted by Crippen LogP contribution is -2.40. The maximum atomic E-state index is 13.8. The highest BCUT2D eigenvalue weighted by Crippen LogP contribution is 2.39. The smallest absolute Gasteiger partial charge is 0.416 e. The Labute approximate surface area is 191 Å². The van der Waals surface area contributed by atoms with Crippen LogP contribution in [0, 0.1) is 19.7 Å². The number of hydrogen-bond donors (Lipinski definition) is 3. The monoisotopic (exact) mass is 503 g/mol. The molecule has 0 unspecified atom stereocenters. The van der Waals surface area contributed by atoms with Gasteiger partial charge >= 0.3 is 12.2 Å². The molecule has 3 N–H and O–H groups in total. The number of nitrogens with zero attached hydrogens (tertiary/aromatic N) is 2. The lowest BCUT2D eigenvalue weighted by Gasteiger charge is -2.20. The Bertz CT molecular complexity index is 1310. The Morgan fingerprint density at radius 1 is 1.18 bits per heavy atom. The number of carbonyl (C=O) groups is 1. The minimum absolute atomic E-state index is 0.00803. The van der Waals surface area contributed by atoms with E-state index in [-0.39, 0.29) is 40.5 Å². The third kappa shape index (κ3) is 6.12. The number of anilines is 2. The fraction of sp³-hybridized carbons (Fsp3) is 0.350. The van der Waals surface area contributed by atoms with E-state index in [9.17, 15) is 30.8 Å². The first kappa shape index (κ1) is 25.2. The molecule has 2 heterocycles. The number of benzene rings is 1. The molecule has 0 aliphatic heterocycles. The average molecular weight is 503 g/mol. The topological polar surface area (TPSA) is 126 Å². The van der Waals surface area contributed by atoms with Gasteiger partial charge < -0.3 is 20.4 Å². The molecule has 0 aliphatic rings. The number of halogens is 4. The quantitative estimate of drug-likeness (QED) is 0.418. The van der Waals surface area contributed by atoms with E-state index >= 15 is 0 Å². The summed E-state index contributed by atoms with van der Waals surface area (Å²) in [6, 6.07) is -1.50. The molecule has 3 rings (SSSR count). The summed E-state index contributed by atoms with van der Waals surface area (Å²) < 4.78 is 82.8. The first-order valence-corrected chi connectivity index (χ1v) is 11.9. The zero-order valence-corrected chi connectivity index (χ0v) is 19.1. The third-order valence-corrected chi connectivity index (χ3v) is 5.70. The normalized spacial score (nSPS) is 13.0. The summed E-state index contributed by atoms with van der Waals surface area (Å²) in [5.74, 6) is -1.26. The number of alkyl halides is 3. The molecule has 9 nitrogen and oxygen atoms in total. The standard InChI is InChI=1S/C20H21F4N5O4S/c1-10-6-12(21)7-14-11(2)16(33-15(10)14)17(20(22,23)24)29-19(30)28-13-8-26-18(27-9-13)25-4-5-34(3,31)32/h6-9,17H,4-5H2,1-3H3,(H,25,26,27)(H2,28,29,30)/t17-/m1/s1. The van der Waals surface area contributed by atoms with E-state index in [2.05, 4.69) is 20.6 Å². The van der Waals surface area contributed by atoms with Crippen LogP contribution in [0.1, 0.15) is 22.9 Å². The number of urea groups is 1. The second-order valence-corrected chi connectivity index (χ2v) is 9.88. The number of sulfone groups is 1. The highest BCUT2D eigenvalue weighted by atomic mass is 32.2. The zero-order chi connectivity index (χ0) is 25.3. The maximum Gasteiger partial charge on any atom is 0.416 e. The fourth-order valence-corrected chi connectivity index (χ4v) is 3.64. The second kappa shape index (κ2) is 9.44. The highest BCUT2D eigenvalue weighted by molar-refractivity contribution is 7.90. The van der Waals surface area contributed by atoms with E-state index in [1.807, 2.05) is 5.32 Å². The molecule has 0 bridgehead atoms. The van der Waals surface area contributed by atoms with Gasteiger partial charge in [0.15, 0.2) is 6.04 Å². The first-order chi connectivity index (χ1) is 15.7. The fourth-order valence-electron chi connectivity index (χ4n) is 3.16. The summed E-state index contributed by atoms with van der Waals surface area (Å²) in [6.45, 7) is 2.90. The molecule has 1 aromatic carbocycles. The van der Waals surface area contributed by atoms with Gasteiger partial charge in [0.2, 0.25) is 5.95 Å². The molecule has 0 saturated heterocycles. The molecule has 0 spiro atoms. The molecule has 14 heteroatoms. The van der Waals surface area contributed by atoms with E-state index in [0.717, 1.165) is 30.8 Å². The van der Waals surface area contributed by atoms with Crippen molar-refractivity contribution >= 4 is 38.5 Å². The van der Waals surface area contributed by atoms with Crippen molar-refractivity contribution in [2.75, 3.05) is 29.2 Å². The van der Waals surface area contributed by atoms with Crippen LogP contribution in [0.25, 0.3) is 11.0 Å². The Morgan fingerprint density at radius 3 is 2.41 bits per heavy atom. The van der Waals surface area contributed by atoms with Crippen molar-refractivity contribution in [2.45, 2.75) is 26.1 Å². The zero-order valence-electron chi connectivity index (χ0n) is 18.2. The van der Waals surface area contributed by atoms with Gasteiger partial charge in [0.1, 0.15) is 27.0 Å². The lowest BCUT2D eigenvalue weighted by atomic mass is 10.1. The van der Waals surface area contributed by atoms with Crippen LogP contribution in [-0.4, -0.2) is 49.1 Å². The van der Waals surface area contributed by atoms with Crippen LogP contribution in [0.4, 0.5) is 34.0 Å². The average Bonchev–Trinajstić information content (AvgIpc) is 3.02. The van der Waals surface area contributed by atoms with Crippen LogP contribution < -0.4 is 16.0 Å². The number of hydrogen-bond acceptors (Lipinski definition) is 7. The summed E-state index contributed by atoms with van der Waals surface area (Å²) in [5, 5.41) is 6.86. The van der Waals surface area contributed by atoms with Crippen molar-refractivity contribution in [1.82, 2.24) is 15.3 Å². The van der Waals surface area contributed by atoms with Gasteiger partial charge in [-0.2, -0.15) is 13.2 Å². The van der Waals surface area contributed by atoms with Gasteiger partial charge in [-0.1, -0.05) is 0 Å². The lowest BCUT2D eigenvalue weighted by molar-refractivity contribution is -0.158. The molecular weight excluding hydrogens is 482 g/mol. The van der Waals surface area contributed by atoms with Crippen molar-refractivity contribution in [2.24, 2.45) is 0 Å². The van der Waals surface area contributed by atoms with Gasteiger partial charge in [-0.05, 0) is 31.5 Å². The number of amides is 2. The summed E-state index contributed by atoms with van der Waals surface area (Å²) in [6.07, 6.45) is -1.57. The predicted molar refractivity (Wildman–Crippen MR) is 117 cm³/mol. The largest absolute Gasteiger partial charge is 0.458 e. The Hall–Kier alpha value is -3.42. The molecule has 1 atom stereocenters. The predicted octanol–water partition coefficient (Wildman–Crippen LogP) is 3.86. The molecule has 34 heavy (non-hydrogen) atoms. The summed E-state index contributed by atoms with van der Waals surface area (Å²) >= 11 is 0. The Kier molecular flexibility index (Phi) is 7.00. The maximum absolute atomic E-state index is 13.8. The van der Waals surface area contributed by atoms with Gasteiger partial charge in [-0.25, -0.2) is 27.6 Å².